The topological polar surface area (TPSA) is 122 Å². The molecule has 0 atom stereocenters. The average molecular weight is 504 g/mol. The second-order valence-electron chi connectivity index (χ2n) is 8.64. The molecule has 5 N–H and O–H groups in total. The van der Waals surface area contributed by atoms with Gasteiger partial charge in [0.2, 0.25) is 0 Å². The number of carbonyl (C=O) groups is 1. The number of rotatable bonds is 5. The second kappa shape index (κ2) is 10.8. The number of nitrogens with one attached hydrogen (secondary N) is 1. The number of nitrogen functional groups attached to an aromatic ring is 1. The highest BCUT2D eigenvalue weighted by atomic mass is 19.1. The number of anilines is 1. The Morgan fingerprint density at radius 1 is 1.11 bits per heavy atom. The molecule has 0 saturated carbocycles. The van der Waals surface area contributed by atoms with Gasteiger partial charge in [-0.2, -0.15) is 0 Å². The number of halogens is 1. The SMILES string of the molecule is CC.N=Cc1cc2c(cc1N)c(-c1ccc(O)c(C(=O)O)c1)c(C1CCOCC1)n2-c1ccc(F)cc1. The fourth-order valence-corrected chi connectivity index (χ4v) is 4.90. The molecule has 7 nitrogen and oxygen atoms in total. The first-order valence-electron chi connectivity index (χ1n) is 12.3. The number of nitrogens with zero attached hydrogens (tertiary/aromatic N) is 1. The number of fused-ring (bicyclic) bond motifs is 1. The third kappa shape index (κ3) is 4.80. The van der Waals surface area contributed by atoms with Crippen molar-refractivity contribution in [1.82, 2.24) is 4.57 Å². The van der Waals surface area contributed by atoms with Crippen LogP contribution in [0.5, 0.6) is 5.75 Å². The summed E-state index contributed by atoms with van der Waals surface area (Å²) < 4.78 is 21.5. The summed E-state index contributed by atoms with van der Waals surface area (Å²) in [6, 6.07) is 14.3. The van der Waals surface area contributed by atoms with E-state index in [1.165, 1.54) is 30.5 Å². The molecule has 8 heteroatoms. The van der Waals surface area contributed by atoms with Crippen molar-refractivity contribution >= 4 is 28.8 Å². The van der Waals surface area contributed by atoms with E-state index in [0.717, 1.165) is 40.7 Å². The van der Waals surface area contributed by atoms with E-state index in [4.69, 9.17) is 15.9 Å². The lowest BCUT2D eigenvalue weighted by atomic mass is 9.89. The molecular formula is C29H30FN3O4. The summed E-state index contributed by atoms with van der Waals surface area (Å²) in [5.74, 6) is -1.83. The first-order chi connectivity index (χ1) is 17.9. The lowest BCUT2D eigenvalue weighted by Crippen LogP contribution is -2.17. The van der Waals surface area contributed by atoms with Gasteiger partial charge >= 0.3 is 5.97 Å². The molecule has 0 bridgehead atoms. The number of carboxylic acids is 1. The molecule has 1 aliphatic rings. The van der Waals surface area contributed by atoms with Crippen molar-refractivity contribution in [2.75, 3.05) is 18.9 Å². The van der Waals surface area contributed by atoms with Gasteiger partial charge in [-0.15, -0.1) is 0 Å². The summed E-state index contributed by atoms with van der Waals surface area (Å²) in [5, 5.41) is 28.3. The van der Waals surface area contributed by atoms with E-state index < -0.39 is 5.97 Å². The van der Waals surface area contributed by atoms with Crippen molar-refractivity contribution in [1.29, 1.82) is 5.41 Å². The maximum Gasteiger partial charge on any atom is 0.339 e. The van der Waals surface area contributed by atoms with E-state index >= 15 is 0 Å². The largest absolute Gasteiger partial charge is 0.507 e. The van der Waals surface area contributed by atoms with Gasteiger partial charge < -0.3 is 30.7 Å². The van der Waals surface area contributed by atoms with E-state index in [0.29, 0.717) is 30.0 Å². The highest BCUT2D eigenvalue weighted by molar-refractivity contribution is 6.05. The molecule has 1 fully saturated rings. The zero-order chi connectivity index (χ0) is 26.7. The van der Waals surface area contributed by atoms with Crippen LogP contribution in [0.4, 0.5) is 10.1 Å². The Balaban J connectivity index is 0.00000156. The Bertz CT molecular complexity index is 1450. The first kappa shape index (κ1) is 25.9. The number of ether oxygens (including phenoxy) is 1. The number of nitrogens with two attached hydrogens (primary N) is 1. The maximum atomic E-state index is 13.8. The minimum absolute atomic E-state index is 0.0722. The van der Waals surface area contributed by atoms with Crippen LogP contribution in [0, 0.1) is 11.2 Å². The maximum absolute atomic E-state index is 13.8. The molecule has 1 aromatic heterocycles. The van der Waals surface area contributed by atoms with Gasteiger partial charge in [0, 0.05) is 58.9 Å². The van der Waals surface area contributed by atoms with Crippen molar-refractivity contribution in [3.8, 4) is 22.6 Å². The Morgan fingerprint density at radius 2 is 1.78 bits per heavy atom. The molecule has 1 aliphatic heterocycles. The highest BCUT2D eigenvalue weighted by Crippen LogP contribution is 2.45. The molecule has 5 rings (SSSR count). The standard InChI is InChI=1S/C27H24FN3O4.C2H6/c28-18-2-4-19(5-3-18)31-23-12-17(14-29)22(30)13-20(23)25(26(31)15-7-9-35-10-8-15)16-1-6-24(32)21(11-16)27(33)34;1-2/h1-6,11-15,29,32H,7-10,30H2,(H,33,34);1-2H3. The van der Waals surface area contributed by atoms with Gasteiger partial charge in [0.05, 0.1) is 5.52 Å². The van der Waals surface area contributed by atoms with Crippen LogP contribution in [0.25, 0.3) is 27.7 Å². The predicted octanol–water partition coefficient (Wildman–Crippen LogP) is 6.34. The predicted molar refractivity (Wildman–Crippen MR) is 144 cm³/mol. The number of hydrogen-bond donors (Lipinski definition) is 4. The van der Waals surface area contributed by atoms with E-state index in [1.54, 1.807) is 24.3 Å². The summed E-state index contributed by atoms with van der Waals surface area (Å²) in [6.45, 7) is 5.16. The van der Waals surface area contributed by atoms with E-state index in [1.807, 2.05) is 24.5 Å². The van der Waals surface area contributed by atoms with Crippen LogP contribution >= 0.6 is 0 Å². The molecule has 3 aromatic carbocycles. The van der Waals surface area contributed by atoms with E-state index in [9.17, 15) is 19.4 Å². The van der Waals surface area contributed by atoms with Gasteiger partial charge in [-0.3, -0.25) is 0 Å². The summed E-state index contributed by atoms with van der Waals surface area (Å²) in [4.78, 5) is 11.8. The van der Waals surface area contributed by atoms with E-state index in [-0.39, 0.29) is 23.0 Å². The number of carboxylic acid groups (broad SMARTS) is 1. The third-order valence-electron chi connectivity index (χ3n) is 6.57. The molecule has 0 unspecified atom stereocenters. The average Bonchev–Trinajstić information content (AvgIpc) is 3.24. The lowest BCUT2D eigenvalue weighted by Gasteiger charge is -2.26. The van der Waals surface area contributed by atoms with Gasteiger partial charge in [0.25, 0.3) is 0 Å². The normalized spacial score (nSPS) is 13.7. The van der Waals surface area contributed by atoms with Crippen LogP contribution < -0.4 is 5.73 Å². The Kier molecular flexibility index (Phi) is 7.59. The fraction of sp³-hybridized carbons (Fsp3) is 0.241. The number of phenols is 1. The number of aromatic hydroxyl groups is 1. The van der Waals surface area contributed by atoms with Gasteiger partial charge in [0.1, 0.15) is 17.1 Å². The monoisotopic (exact) mass is 503 g/mol. The van der Waals surface area contributed by atoms with Crippen LogP contribution in [-0.2, 0) is 4.74 Å². The van der Waals surface area contributed by atoms with Crippen molar-refractivity contribution in [3.05, 3.63) is 77.2 Å². The molecule has 0 radical (unpaired) electrons. The molecule has 192 valence electrons. The molecule has 1 saturated heterocycles. The Labute approximate surface area is 214 Å². The zero-order valence-corrected chi connectivity index (χ0v) is 20.8. The van der Waals surface area contributed by atoms with Crippen LogP contribution in [-0.4, -0.2) is 40.2 Å². The fourth-order valence-electron chi connectivity index (χ4n) is 4.90. The summed E-state index contributed by atoms with van der Waals surface area (Å²) in [7, 11) is 0. The second-order valence-corrected chi connectivity index (χ2v) is 8.64. The molecule has 2 heterocycles. The smallest absolute Gasteiger partial charge is 0.339 e. The molecule has 37 heavy (non-hydrogen) atoms. The van der Waals surface area contributed by atoms with Crippen LogP contribution in [0.3, 0.4) is 0 Å². The van der Waals surface area contributed by atoms with Gasteiger partial charge in [-0.25, -0.2) is 9.18 Å². The van der Waals surface area contributed by atoms with Gasteiger partial charge in [0.15, 0.2) is 0 Å². The Hall–Kier alpha value is -4.17. The minimum atomic E-state index is -1.23. The van der Waals surface area contributed by atoms with Crippen LogP contribution in [0.15, 0.2) is 54.6 Å². The van der Waals surface area contributed by atoms with Crippen LogP contribution in [0.2, 0.25) is 0 Å². The molecule has 0 aliphatic carbocycles. The van der Waals surface area contributed by atoms with Gasteiger partial charge in [-0.1, -0.05) is 19.9 Å². The number of benzene rings is 3. The molecular weight excluding hydrogens is 473 g/mol. The minimum Gasteiger partial charge on any atom is -0.507 e. The summed E-state index contributed by atoms with van der Waals surface area (Å²) in [5.41, 5.74) is 10.9. The van der Waals surface area contributed by atoms with Crippen molar-refractivity contribution in [3.63, 3.8) is 0 Å². The number of aromatic nitrogens is 1. The number of aromatic carboxylic acids is 1. The lowest BCUT2D eigenvalue weighted by molar-refractivity contribution is 0.0693. The summed E-state index contributed by atoms with van der Waals surface area (Å²) >= 11 is 0. The Morgan fingerprint density at radius 3 is 2.41 bits per heavy atom. The summed E-state index contributed by atoms with van der Waals surface area (Å²) in [6.07, 6.45) is 2.69. The third-order valence-corrected chi connectivity index (χ3v) is 6.57. The van der Waals surface area contributed by atoms with Crippen molar-refractivity contribution < 1.29 is 24.1 Å². The molecule has 0 amide bonds. The van der Waals surface area contributed by atoms with Crippen LogP contribution in [0.1, 0.15) is 54.2 Å². The molecule has 4 aromatic rings. The van der Waals surface area contributed by atoms with Crippen molar-refractivity contribution in [2.24, 2.45) is 0 Å². The number of hydrogen-bond acceptors (Lipinski definition) is 5. The molecule has 0 spiro atoms. The first-order valence-corrected chi connectivity index (χ1v) is 12.3. The van der Waals surface area contributed by atoms with Crippen molar-refractivity contribution in [2.45, 2.75) is 32.6 Å². The highest BCUT2D eigenvalue weighted by Gasteiger charge is 2.29. The van der Waals surface area contributed by atoms with Gasteiger partial charge in [-0.05, 0) is 66.9 Å². The zero-order valence-electron chi connectivity index (χ0n) is 20.8. The van der Waals surface area contributed by atoms with E-state index in [2.05, 4.69) is 0 Å². The quantitative estimate of drug-likeness (QED) is 0.187.